The van der Waals surface area contributed by atoms with Crippen LogP contribution in [0.15, 0.2) is 34.5 Å². The van der Waals surface area contributed by atoms with Crippen LogP contribution in [0.1, 0.15) is 35.8 Å². The number of thiazole rings is 1. The number of hydrogen-bond acceptors (Lipinski definition) is 7. The first-order valence-corrected chi connectivity index (χ1v) is 11.9. The number of aromatic nitrogens is 1. The number of esters is 1. The van der Waals surface area contributed by atoms with Crippen molar-refractivity contribution in [2.24, 2.45) is 5.92 Å². The Hall–Kier alpha value is -2.51. The standard InChI is InChI=1S/C19H20F3N3O5S2/c1-2-30-17(27)15-11-31-18(23-15)24-16(26)12-6-8-25(9-7-12)32(28,29)14-5-3-4-13(10-14)19(20,21)22/h3-5,10-12H,2,6-9H2,1H3,(H,23,24,26). The van der Waals surface area contributed by atoms with Crippen molar-refractivity contribution >= 4 is 38.4 Å². The summed E-state index contributed by atoms with van der Waals surface area (Å²) in [7, 11) is -4.12. The molecule has 0 aliphatic carbocycles. The quantitative estimate of drug-likeness (QED) is 0.621. The molecular formula is C19H20F3N3O5S2. The van der Waals surface area contributed by atoms with Gasteiger partial charge in [-0.1, -0.05) is 6.07 Å². The number of alkyl halides is 3. The topological polar surface area (TPSA) is 106 Å². The molecule has 1 aliphatic rings. The average Bonchev–Trinajstić information content (AvgIpc) is 3.22. The summed E-state index contributed by atoms with van der Waals surface area (Å²) in [5.41, 5.74) is -0.965. The molecule has 1 aromatic carbocycles. The van der Waals surface area contributed by atoms with Crippen LogP contribution in [0.3, 0.4) is 0 Å². The lowest BCUT2D eigenvalue weighted by Crippen LogP contribution is -2.41. The van der Waals surface area contributed by atoms with Gasteiger partial charge in [-0.05, 0) is 38.0 Å². The molecule has 32 heavy (non-hydrogen) atoms. The fourth-order valence-electron chi connectivity index (χ4n) is 3.18. The fourth-order valence-corrected chi connectivity index (χ4v) is 5.38. The van der Waals surface area contributed by atoms with E-state index in [1.807, 2.05) is 0 Å². The van der Waals surface area contributed by atoms with Gasteiger partial charge in [0.2, 0.25) is 15.9 Å². The lowest BCUT2D eigenvalue weighted by Gasteiger charge is -2.30. The zero-order valence-corrected chi connectivity index (χ0v) is 18.5. The maximum atomic E-state index is 12.9. The summed E-state index contributed by atoms with van der Waals surface area (Å²) in [5, 5.41) is 4.28. The molecule has 1 saturated heterocycles. The predicted octanol–water partition coefficient (Wildman–Crippen LogP) is 3.38. The van der Waals surface area contributed by atoms with Crippen LogP contribution in [0.4, 0.5) is 18.3 Å². The lowest BCUT2D eigenvalue weighted by molar-refractivity contribution is -0.137. The van der Waals surface area contributed by atoms with Crippen LogP contribution in [-0.2, 0) is 25.7 Å². The highest BCUT2D eigenvalue weighted by Gasteiger charge is 2.35. The maximum Gasteiger partial charge on any atom is 0.416 e. The van der Waals surface area contributed by atoms with Gasteiger partial charge in [0, 0.05) is 24.4 Å². The molecule has 0 saturated carbocycles. The number of anilines is 1. The van der Waals surface area contributed by atoms with E-state index >= 15 is 0 Å². The molecule has 0 radical (unpaired) electrons. The summed E-state index contributed by atoms with van der Waals surface area (Å²) in [6, 6.07) is 3.58. The molecule has 1 N–H and O–H groups in total. The number of hydrogen-bond donors (Lipinski definition) is 1. The molecule has 1 amide bonds. The Morgan fingerprint density at radius 1 is 1.28 bits per heavy atom. The third-order valence-corrected chi connectivity index (χ3v) is 7.50. The highest BCUT2D eigenvalue weighted by Crippen LogP contribution is 2.32. The zero-order valence-electron chi connectivity index (χ0n) is 16.9. The van der Waals surface area contributed by atoms with Gasteiger partial charge in [0.15, 0.2) is 10.8 Å². The van der Waals surface area contributed by atoms with Crippen LogP contribution in [0.25, 0.3) is 0 Å². The largest absolute Gasteiger partial charge is 0.461 e. The van der Waals surface area contributed by atoms with Crippen LogP contribution in [0, 0.1) is 5.92 Å². The molecule has 0 atom stereocenters. The number of ether oxygens (including phenoxy) is 1. The highest BCUT2D eigenvalue weighted by molar-refractivity contribution is 7.89. The van der Waals surface area contributed by atoms with Crippen molar-refractivity contribution in [3.05, 3.63) is 40.9 Å². The van der Waals surface area contributed by atoms with Gasteiger partial charge in [0.1, 0.15) is 0 Å². The first kappa shape index (κ1) is 24.1. The van der Waals surface area contributed by atoms with Crippen LogP contribution in [0.2, 0.25) is 0 Å². The van der Waals surface area contributed by atoms with Crippen molar-refractivity contribution in [3.8, 4) is 0 Å². The Kier molecular flexibility index (Phi) is 7.20. The number of rotatable bonds is 6. The molecule has 174 valence electrons. The molecular weight excluding hydrogens is 471 g/mol. The number of amides is 1. The number of carbonyl (C=O) groups excluding carboxylic acids is 2. The maximum absolute atomic E-state index is 12.9. The first-order valence-electron chi connectivity index (χ1n) is 9.63. The average molecular weight is 492 g/mol. The van der Waals surface area contributed by atoms with Gasteiger partial charge in [-0.3, -0.25) is 4.79 Å². The summed E-state index contributed by atoms with van der Waals surface area (Å²) in [6.07, 6.45) is -4.26. The number of sulfonamides is 1. The summed E-state index contributed by atoms with van der Waals surface area (Å²) in [4.78, 5) is 27.7. The molecule has 3 rings (SSSR count). The summed E-state index contributed by atoms with van der Waals surface area (Å²) >= 11 is 1.06. The number of nitrogens with one attached hydrogen (secondary N) is 1. The molecule has 2 heterocycles. The molecule has 1 fully saturated rings. The van der Waals surface area contributed by atoms with E-state index in [9.17, 15) is 31.2 Å². The molecule has 8 nitrogen and oxygen atoms in total. The van der Waals surface area contributed by atoms with E-state index in [0.717, 1.165) is 33.8 Å². The van der Waals surface area contributed by atoms with Crippen molar-refractivity contribution in [1.82, 2.24) is 9.29 Å². The third-order valence-electron chi connectivity index (χ3n) is 4.84. The normalized spacial score (nSPS) is 16.0. The second-order valence-corrected chi connectivity index (χ2v) is 9.75. The van der Waals surface area contributed by atoms with Crippen LogP contribution >= 0.6 is 11.3 Å². The van der Waals surface area contributed by atoms with Crippen molar-refractivity contribution in [2.75, 3.05) is 25.0 Å². The fraction of sp³-hybridized carbons (Fsp3) is 0.421. The second-order valence-electron chi connectivity index (χ2n) is 6.95. The summed E-state index contributed by atoms with van der Waals surface area (Å²) in [6.45, 7) is 1.83. The number of benzene rings is 1. The lowest BCUT2D eigenvalue weighted by atomic mass is 9.97. The molecule has 1 aliphatic heterocycles. The minimum atomic E-state index is -4.65. The zero-order chi connectivity index (χ0) is 23.5. The smallest absolute Gasteiger partial charge is 0.416 e. The Morgan fingerprint density at radius 2 is 1.97 bits per heavy atom. The van der Waals surface area contributed by atoms with Crippen LogP contribution in [0.5, 0.6) is 0 Å². The van der Waals surface area contributed by atoms with Gasteiger partial charge in [-0.15, -0.1) is 11.3 Å². The summed E-state index contributed by atoms with van der Waals surface area (Å²) < 4.78 is 70.2. The molecule has 13 heteroatoms. The Bertz CT molecular complexity index is 1090. The van der Waals surface area contributed by atoms with E-state index < -0.39 is 38.5 Å². The molecule has 0 unspecified atom stereocenters. The minimum absolute atomic E-state index is 0.0113. The Labute approximate surface area is 186 Å². The van der Waals surface area contributed by atoms with Crippen LogP contribution < -0.4 is 5.32 Å². The third kappa shape index (κ3) is 5.45. The minimum Gasteiger partial charge on any atom is -0.461 e. The van der Waals surface area contributed by atoms with Gasteiger partial charge in [0.25, 0.3) is 0 Å². The monoisotopic (exact) mass is 491 g/mol. The molecule has 2 aromatic rings. The van der Waals surface area contributed by atoms with Gasteiger partial charge >= 0.3 is 12.1 Å². The number of nitrogens with zero attached hydrogens (tertiary/aromatic N) is 2. The van der Waals surface area contributed by atoms with Gasteiger partial charge in [-0.2, -0.15) is 17.5 Å². The second kappa shape index (κ2) is 9.55. The summed E-state index contributed by atoms with van der Waals surface area (Å²) in [5.74, 6) is -1.47. The number of halogens is 3. The molecule has 0 bridgehead atoms. The SMILES string of the molecule is CCOC(=O)c1csc(NC(=O)C2CCN(S(=O)(=O)c3cccc(C(F)(F)F)c3)CC2)n1. The predicted molar refractivity (Wildman–Crippen MR) is 110 cm³/mol. The van der Waals surface area contributed by atoms with Gasteiger partial charge in [-0.25, -0.2) is 18.2 Å². The number of carbonyl (C=O) groups is 2. The Morgan fingerprint density at radius 3 is 2.59 bits per heavy atom. The van der Waals surface area contributed by atoms with E-state index in [1.165, 1.54) is 5.38 Å². The van der Waals surface area contributed by atoms with Crippen molar-refractivity contribution in [2.45, 2.75) is 30.8 Å². The van der Waals surface area contributed by atoms with E-state index in [2.05, 4.69) is 10.3 Å². The van der Waals surface area contributed by atoms with E-state index in [4.69, 9.17) is 4.74 Å². The van der Waals surface area contributed by atoms with Gasteiger partial charge < -0.3 is 10.1 Å². The van der Waals surface area contributed by atoms with Crippen LogP contribution in [-0.4, -0.2) is 49.3 Å². The molecule has 0 spiro atoms. The van der Waals surface area contributed by atoms with E-state index in [-0.39, 0.29) is 49.3 Å². The van der Waals surface area contributed by atoms with E-state index in [0.29, 0.717) is 6.07 Å². The van der Waals surface area contributed by atoms with Crippen molar-refractivity contribution in [1.29, 1.82) is 0 Å². The Balaban J connectivity index is 1.61. The van der Waals surface area contributed by atoms with Crippen molar-refractivity contribution in [3.63, 3.8) is 0 Å². The van der Waals surface area contributed by atoms with Gasteiger partial charge in [0.05, 0.1) is 17.1 Å². The van der Waals surface area contributed by atoms with E-state index in [1.54, 1.807) is 6.92 Å². The first-order chi connectivity index (χ1) is 15.0. The van der Waals surface area contributed by atoms with Crippen molar-refractivity contribution < 1.29 is 35.9 Å². The highest BCUT2D eigenvalue weighted by atomic mass is 32.2. The molecule has 1 aromatic heterocycles. The number of piperidine rings is 1.